The van der Waals surface area contributed by atoms with Gasteiger partial charge >= 0.3 is 0 Å². The number of halogens is 2. The number of hydrogen-bond acceptors (Lipinski definition) is 2. The van der Waals surface area contributed by atoms with Crippen molar-refractivity contribution in [2.24, 2.45) is 0 Å². The molecule has 0 saturated carbocycles. The number of benzene rings is 1. The summed E-state index contributed by atoms with van der Waals surface area (Å²) in [4.78, 5) is 16.0. The monoisotopic (exact) mass is 280 g/mol. The SMILES string of the molecule is Cc1ccncc1C(=O)Nc1cc(Cl)cc(Cl)c1. The van der Waals surface area contributed by atoms with E-state index < -0.39 is 0 Å². The van der Waals surface area contributed by atoms with Crippen molar-refractivity contribution in [3.05, 3.63) is 57.8 Å². The van der Waals surface area contributed by atoms with Gasteiger partial charge in [0.2, 0.25) is 0 Å². The third-order valence-corrected chi connectivity index (χ3v) is 2.84. The van der Waals surface area contributed by atoms with Crippen LogP contribution in [0.2, 0.25) is 10.0 Å². The van der Waals surface area contributed by atoms with Crippen LogP contribution < -0.4 is 5.32 Å². The van der Waals surface area contributed by atoms with Crippen LogP contribution in [0.15, 0.2) is 36.7 Å². The van der Waals surface area contributed by atoms with Crippen LogP contribution in [-0.4, -0.2) is 10.9 Å². The van der Waals surface area contributed by atoms with Gasteiger partial charge < -0.3 is 5.32 Å². The number of carbonyl (C=O) groups excluding carboxylic acids is 1. The van der Waals surface area contributed by atoms with Crippen LogP contribution >= 0.6 is 23.2 Å². The highest BCUT2D eigenvalue weighted by atomic mass is 35.5. The number of nitrogens with zero attached hydrogens (tertiary/aromatic N) is 1. The molecule has 1 heterocycles. The summed E-state index contributed by atoms with van der Waals surface area (Å²) in [5.41, 5.74) is 1.94. The lowest BCUT2D eigenvalue weighted by atomic mass is 10.1. The molecule has 1 aromatic heterocycles. The van der Waals surface area contributed by atoms with E-state index in [-0.39, 0.29) is 5.91 Å². The first-order valence-electron chi connectivity index (χ1n) is 5.24. The second-order valence-electron chi connectivity index (χ2n) is 3.80. The molecule has 0 aliphatic heterocycles. The minimum absolute atomic E-state index is 0.237. The van der Waals surface area contributed by atoms with Crippen molar-refractivity contribution < 1.29 is 4.79 Å². The second-order valence-corrected chi connectivity index (χ2v) is 4.68. The van der Waals surface area contributed by atoms with Crippen molar-refractivity contribution in [2.75, 3.05) is 5.32 Å². The Morgan fingerprint density at radius 1 is 1.22 bits per heavy atom. The Morgan fingerprint density at radius 3 is 2.50 bits per heavy atom. The molecule has 0 atom stereocenters. The maximum atomic E-state index is 12.0. The smallest absolute Gasteiger partial charge is 0.257 e. The van der Waals surface area contributed by atoms with Gasteiger partial charge in [0.15, 0.2) is 0 Å². The molecule has 18 heavy (non-hydrogen) atoms. The number of pyridine rings is 1. The molecule has 0 spiro atoms. The summed E-state index contributed by atoms with van der Waals surface area (Å²) in [7, 11) is 0. The molecule has 2 rings (SSSR count). The minimum atomic E-state index is -0.237. The van der Waals surface area contributed by atoms with E-state index in [1.165, 1.54) is 6.20 Å². The largest absolute Gasteiger partial charge is 0.322 e. The number of rotatable bonds is 2. The fourth-order valence-corrected chi connectivity index (χ4v) is 2.05. The minimum Gasteiger partial charge on any atom is -0.322 e. The van der Waals surface area contributed by atoms with Gasteiger partial charge in [-0.3, -0.25) is 9.78 Å². The summed E-state index contributed by atoms with van der Waals surface area (Å²) < 4.78 is 0. The molecule has 2 aromatic rings. The van der Waals surface area contributed by atoms with Gasteiger partial charge in [0.25, 0.3) is 5.91 Å². The summed E-state index contributed by atoms with van der Waals surface area (Å²) in [5.74, 6) is -0.237. The third kappa shape index (κ3) is 3.00. The van der Waals surface area contributed by atoms with E-state index in [4.69, 9.17) is 23.2 Å². The highest BCUT2D eigenvalue weighted by Gasteiger charge is 2.09. The molecular weight excluding hydrogens is 271 g/mol. The van der Waals surface area contributed by atoms with Gasteiger partial charge in [-0.15, -0.1) is 0 Å². The molecule has 1 N–H and O–H groups in total. The lowest BCUT2D eigenvalue weighted by Crippen LogP contribution is -2.13. The average molecular weight is 281 g/mol. The number of carbonyl (C=O) groups is 1. The molecule has 0 saturated heterocycles. The zero-order valence-electron chi connectivity index (χ0n) is 9.58. The van der Waals surface area contributed by atoms with Gasteiger partial charge in [-0.25, -0.2) is 0 Å². The highest BCUT2D eigenvalue weighted by molar-refractivity contribution is 6.35. The molecule has 3 nitrogen and oxygen atoms in total. The Morgan fingerprint density at radius 2 is 1.89 bits per heavy atom. The van der Waals surface area contributed by atoms with E-state index in [9.17, 15) is 4.79 Å². The zero-order chi connectivity index (χ0) is 13.1. The van der Waals surface area contributed by atoms with Gasteiger partial charge in [-0.2, -0.15) is 0 Å². The molecular formula is C13H10Cl2N2O. The zero-order valence-corrected chi connectivity index (χ0v) is 11.1. The van der Waals surface area contributed by atoms with Crippen LogP contribution in [0.5, 0.6) is 0 Å². The molecule has 5 heteroatoms. The predicted molar refractivity (Wildman–Crippen MR) is 73.4 cm³/mol. The van der Waals surface area contributed by atoms with Crippen LogP contribution in [-0.2, 0) is 0 Å². The van der Waals surface area contributed by atoms with Gasteiger partial charge in [0.05, 0.1) is 5.56 Å². The lowest BCUT2D eigenvalue weighted by molar-refractivity contribution is 0.102. The van der Waals surface area contributed by atoms with Crippen LogP contribution in [0.4, 0.5) is 5.69 Å². The van der Waals surface area contributed by atoms with Gasteiger partial charge in [-0.05, 0) is 36.8 Å². The number of anilines is 1. The Kier molecular flexibility index (Phi) is 3.84. The summed E-state index contributed by atoms with van der Waals surface area (Å²) in [5, 5.41) is 3.68. The van der Waals surface area contributed by atoms with Crippen LogP contribution in [0.1, 0.15) is 15.9 Å². The van der Waals surface area contributed by atoms with Crippen LogP contribution in [0.25, 0.3) is 0 Å². The number of aromatic nitrogens is 1. The average Bonchev–Trinajstić information content (AvgIpc) is 2.27. The fourth-order valence-electron chi connectivity index (χ4n) is 1.53. The van der Waals surface area contributed by atoms with Crippen molar-refractivity contribution in [1.29, 1.82) is 0 Å². The summed E-state index contributed by atoms with van der Waals surface area (Å²) in [6.07, 6.45) is 3.17. The van der Waals surface area contributed by atoms with Crippen LogP contribution in [0.3, 0.4) is 0 Å². The molecule has 0 aliphatic carbocycles. The van der Waals surface area contributed by atoms with Crippen molar-refractivity contribution in [3.63, 3.8) is 0 Å². The molecule has 0 bridgehead atoms. The summed E-state index contributed by atoms with van der Waals surface area (Å²) >= 11 is 11.7. The number of amides is 1. The van der Waals surface area contributed by atoms with Gasteiger partial charge in [0.1, 0.15) is 0 Å². The number of aryl methyl sites for hydroxylation is 1. The maximum Gasteiger partial charge on any atom is 0.257 e. The van der Waals surface area contributed by atoms with Gasteiger partial charge in [-0.1, -0.05) is 23.2 Å². The third-order valence-electron chi connectivity index (χ3n) is 2.40. The highest BCUT2D eigenvalue weighted by Crippen LogP contribution is 2.23. The van der Waals surface area contributed by atoms with E-state index in [0.29, 0.717) is 21.3 Å². The van der Waals surface area contributed by atoms with E-state index in [1.807, 2.05) is 6.92 Å². The number of hydrogen-bond donors (Lipinski definition) is 1. The Bertz CT molecular complexity index is 579. The van der Waals surface area contributed by atoms with Crippen molar-refractivity contribution in [3.8, 4) is 0 Å². The summed E-state index contributed by atoms with van der Waals surface area (Å²) in [6.45, 7) is 1.85. The fraction of sp³-hybridized carbons (Fsp3) is 0.0769. The molecule has 0 fully saturated rings. The van der Waals surface area contributed by atoms with E-state index in [1.54, 1.807) is 30.5 Å². The second kappa shape index (κ2) is 5.38. The number of nitrogens with one attached hydrogen (secondary N) is 1. The molecule has 92 valence electrons. The standard InChI is InChI=1S/C13H10Cl2N2O/c1-8-2-3-16-7-12(8)13(18)17-11-5-9(14)4-10(15)6-11/h2-7H,1H3,(H,17,18). The van der Waals surface area contributed by atoms with E-state index in [2.05, 4.69) is 10.3 Å². The van der Waals surface area contributed by atoms with E-state index in [0.717, 1.165) is 5.56 Å². The first-order chi connectivity index (χ1) is 8.56. The Balaban J connectivity index is 2.24. The first-order valence-corrected chi connectivity index (χ1v) is 6.00. The quantitative estimate of drug-likeness (QED) is 0.905. The molecule has 1 amide bonds. The first kappa shape index (κ1) is 12.9. The topological polar surface area (TPSA) is 42.0 Å². The molecule has 0 radical (unpaired) electrons. The van der Waals surface area contributed by atoms with Crippen LogP contribution in [0, 0.1) is 6.92 Å². The predicted octanol–water partition coefficient (Wildman–Crippen LogP) is 3.95. The molecule has 0 aliphatic rings. The van der Waals surface area contributed by atoms with Gasteiger partial charge in [0, 0.05) is 28.1 Å². The van der Waals surface area contributed by atoms with E-state index >= 15 is 0 Å². The Hall–Kier alpha value is -1.58. The normalized spacial score (nSPS) is 10.2. The summed E-state index contributed by atoms with van der Waals surface area (Å²) in [6, 6.07) is 6.65. The maximum absolute atomic E-state index is 12.0. The Labute approximate surface area is 115 Å². The lowest BCUT2D eigenvalue weighted by Gasteiger charge is -2.07. The van der Waals surface area contributed by atoms with Crippen molar-refractivity contribution in [2.45, 2.75) is 6.92 Å². The van der Waals surface area contributed by atoms with Crippen molar-refractivity contribution >= 4 is 34.8 Å². The van der Waals surface area contributed by atoms with Crippen molar-refractivity contribution in [1.82, 2.24) is 4.98 Å². The molecule has 1 aromatic carbocycles. The molecule has 0 unspecified atom stereocenters.